The first-order valence-electron chi connectivity index (χ1n) is 7.40. The maximum atomic E-state index is 12.1. The van der Waals surface area contributed by atoms with Gasteiger partial charge < -0.3 is 15.4 Å². The number of hydrogen-bond acceptors (Lipinski definition) is 4. The standard InChI is InChI=1S/C15H23N3O2/c1-2-9-16-14-8-5-7-13(18-14)15(19)17-11-12-6-3-4-10-20-12/h5,7-8,12H,2-4,6,9-11H2,1H3,(H,16,18)(H,17,19). The van der Waals surface area contributed by atoms with E-state index in [1.807, 2.05) is 12.1 Å². The lowest BCUT2D eigenvalue weighted by Crippen LogP contribution is -2.35. The van der Waals surface area contributed by atoms with Gasteiger partial charge in [-0.25, -0.2) is 4.98 Å². The van der Waals surface area contributed by atoms with Crippen LogP contribution in [-0.2, 0) is 4.74 Å². The van der Waals surface area contributed by atoms with Crippen molar-refractivity contribution in [3.8, 4) is 0 Å². The van der Waals surface area contributed by atoms with Crippen LogP contribution in [0.25, 0.3) is 0 Å². The molecule has 1 aromatic heterocycles. The fourth-order valence-corrected chi connectivity index (χ4v) is 2.18. The minimum absolute atomic E-state index is 0.140. The average Bonchev–Trinajstić information content (AvgIpc) is 2.52. The van der Waals surface area contributed by atoms with Crippen molar-refractivity contribution in [1.82, 2.24) is 10.3 Å². The Bertz CT molecular complexity index is 431. The maximum Gasteiger partial charge on any atom is 0.270 e. The number of nitrogens with one attached hydrogen (secondary N) is 2. The average molecular weight is 277 g/mol. The number of pyridine rings is 1. The fourth-order valence-electron chi connectivity index (χ4n) is 2.18. The highest BCUT2D eigenvalue weighted by atomic mass is 16.5. The first-order chi connectivity index (χ1) is 9.79. The summed E-state index contributed by atoms with van der Waals surface area (Å²) in [5.74, 6) is 0.604. The number of ether oxygens (including phenoxy) is 1. The van der Waals surface area contributed by atoms with Crippen LogP contribution < -0.4 is 10.6 Å². The van der Waals surface area contributed by atoms with Gasteiger partial charge in [0.2, 0.25) is 0 Å². The van der Waals surface area contributed by atoms with Crippen molar-refractivity contribution in [3.05, 3.63) is 23.9 Å². The van der Waals surface area contributed by atoms with E-state index in [1.165, 1.54) is 6.42 Å². The molecule has 1 saturated heterocycles. The molecule has 20 heavy (non-hydrogen) atoms. The Labute approximate surface area is 120 Å². The number of carbonyl (C=O) groups is 1. The van der Waals surface area contributed by atoms with E-state index in [4.69, 9.17) is 4.74 Å². The monoisotopic (exact) mass is 277 g/mol. The van der Waals surface area contributed by atoms with E-state index in [0.29, 0.717) is 12.2 Å². The smallest absolute Gasteiger partial charge is 0.270 e. The molecule has 0 aromatic carbocycles. The normalized spacial score (nSPS) is 18.6. The molecular weight excluding hydrogens is 254 g/mol. The zero-order chi connectivity index (χ0) is 14.2. The van der Waals surface area contributed by atoms with Gasteiger partial charge in [0.15, 0.2) is 0 Å². The number of anilines is 1. The summed E-state index contributed by atoms with van der Waals surface area (Å²) in [4.78, 5) is 16.4. The van der Waals surface area contributed by atoms with Crippen molar-refractivity contribution in [2.24, 2.45) is 0 Å². The maximum absolute atomic E-state index is 12.1. The van der Waals surface area contributed by atoms with Crippen molar-refractivity contribution in [3.63, 3.8) is 0 Å². The Morgan fingerprint density at radius 1 is 1.45 bits per heavy atom. The fraction of sp³-hybridized carbons (Fsp3) is 0.600. The molecular formula is C15H23N3O2. The Hall–Kier alpha value is -1.62. The van der Waals surface area contributed by atoms with E-state index in [2.05, 4.69) is 22.5 Å². The SMILES string of the molecule is CCCNc1cccc(C(=O)NCC2CCCCO2)n1. The van der Waals surface area contributed by atoms with E-state index in [1.54, 1.807) is 6.07 Å². The summed E-state index contributed by atoms with van der Waals surface area (Å²) < 4.78 is 5.59. The first kappa shape index (κ1) is 14.8. The van der Waals surface area contributed by atoms with Gasteiger partial charge in [0.05, 0.1) is 6.10 Å². The molecule has 1 aromatic rings. The van der Waals surface area contributed by atoms with Gasteiger partial charge in [0, 0.05) is 19.7 Å². The van der Waals surface area contributed by atoms with E-state index in [9.17, 15) is 4.79 Å². The van der Waals surface area contributed by atoms with Gasteiger partial charge >= 0.3 is 0 Å². The molecule has 0 saturated carbocycles. The summed E-state index contributed by atoms with van der Waals surface area (Å²) in [6.07, 6.45) is 4.49. The van der Waals surface area contributed by atoms with Crippen LogP contribution in [0.15, 0.2) is 18.2 Å². The third kappa shape index (κ3) is 4.49. The molecule has 1 aliphatic rings. The highest BCUT2D eigenvalue weighted by Gasteiger charge is 2.15. The second-order valence-electron chi connectivity index (χ2n) is 5.03. The van der Waals surface area contributed by atoms with Crippen LogP contribution in [0.3, 0.4) is 0 Å². The van der Waals surface area contributed by atoms with Crippen LogP contribution in [-0.4, -0.2) is 36.7 Å². The minimum atomic E-state index is -0.140. The van der Waals surface area contributed by atoms with Gasteiger partial charge in [-0.05, 0) is 37.8 Å². The molecule has 2 N–H and O–H groups in total. The molecule has 0 bridgehead atoms. The molecule has 0 aliphatic carbocycles. The van der Waals surface area contributed by atoms with Crippen LogP contribution in [0, 0.1) is 0 Å². The van der Waals surface area contributed by atoms with Crippen LogP contribution >= 0.6 is 0 Å². The number of amides is 1. The van der Waals surface area contributed by atoms with E-state index < -0.39 is 0 Å². The van der Waals surface area contributed by atoms with Crippen molar-refractivity contribution in [2.75, 3.05) is 25.0 Å². The number of rotatable bonds is 6. The predicted octanol–water partition coefficient (Wildman–Crippen LogP) is 2.20. The van der Waals surface area contributed by atoms with Crippen molar-refractivity contribution < 1.29 is 9.53 Å². The van der Waals surface area contributed by atoms with E-state index >= 15 is 0 Å². The third-order valence-electron chi connectivity index (χ3n) is 3.30. The lowest BCUT2D eigenvalue weighted by atomic mass is 10.1. The molecule has 1 atom stereocenters. The number of hydrogen-bond donors (Lipinski definition) is 2. The summed E-state index contributed by atoms with van der Waals surface area (Å²) in [5.41, 5.74) is 0.446. The highest BCUT2D eigenvalue weighted by molar-refractivity contribution is 5.92. The lowest BCUT2D eigenvalue weighted by Gasteiger charge is -2.22. The van der Waals surface area contributed by atoms with Gasteiger partial charge in [0.25, 0.3) is 5.91 Å². The number of nitrogens with zero attached hydrogens (tertiary/aromatic N) is 1. The van der Waals surface area contributed by atoms with Crippen molar-refractivity contribution >= 4 is 11.7 Å². The van der Waals surface area contributed by atoms with Gasteiger partial charge in [0.1, 0.15) is 11.5 Å². The molecule has 1 aliphatic heterocycles. The Morgan fingerprint density at radius 3 is 3.10 bits per heavy atom. The third-order valence-corrected chi connectivity index (χ3v) is 3.30. The van der Waals surface area contributed by atoms with Gasteiger partial charge in [-0.15, -0.1) is 0 Å². The second-order valence-corrected chi connectivity index (χ2v) is 5.03. The zero-order valence-electron chi connectivity index (χ0n) is 12.0. The van der Waals surface area contributed by atoms with Crippen LogP contribution in [0.4, 0.5) is 5.82 Å². The number of carbonyl (C=O) groups excluding carboxylic acids is 1. The van der Waals surface area contributed by atoms with Crippen LogP contribution in [0.5, 0.6) is 0 Å². The van der Waals surface area contributed by atoms with Crippen LogP contribution in [0.1, 0.15) is 43.1 Å². The van der Waals surface area contributed by atoms with Crippen molar-refractivity contribution in [1.29, 1.82) is 0 Å². The summed E-state index contributed by atoms with van der Waals surface area (Å²) in [7, 11) is 0. The van der Waals surface area contributed by atoms with Crippen LogP contribution in [0.2, 0.25) is 0 Å². The predicted molar refractivity (Wildman–Crippen MR) is 78.9 cm³/mol. The molecule has 1 fully saturated rings. The molecule has 110 valence electrons. The summed E-state index contributed by atoms with van der Waals surface area (Å²) in [6, 6.07) is 5.45. The Morgan fingerprint density at radius 2 is 2.35 bits per heavy atom. The molecule has 1 amide bonds. The largest absolute Gasteiger partial charge is 0.376 e. The van der Waals surface area contributed by atoms with E-state index in [-0.39, 0.29) is 12.0 Å². The Balaban J connectivity index is 1.84. The summed E-state index contributed by atoms with van der Waals surface area (Å²) in [5, 5.41) is 6.08. The number of aromatic nitrogens is 1. The first-order valence-corrected chi connectivity index (χ1v) is 7.40. The van der Waals surface area contributed by atoms with Crippen molar-refractivity contribution in [2.45, 2.75) is 38.7 Å². The summed E-state index contributed by atoms with van der Waals surface area (Å²) >= 11 is 0. The quantitative estimate of drug-likeness (QED) is 0.836. The van der Waals surface area contributed by atoms with Gasteiger partial charge in [-0.2, -0.15) is 0 Å². The molecule has 5 nitrogen and oxygen atoms in total. The topological polar surface area (TPSA) is 63.2 Å². The summed E-state index contributed by atoms with van der Waals surface area (Å²) in [6.45, 7) is 4.31. The molecule has 0 spiro atoms. The molecule has 1 unspecified atom stereocenters. The Kier molecular flexibility index (Phi) is 5.80. The molecule has 5 heteroatoms. The van der Waals surface area contributed by atoms with E-state index in [0.717, 1.165) is 38.2 Å². The lowest BCUT2D eigenvalue weighted by molar-refractivity contribution is 0.0168. The van der Waals surface area contributed by atoms with Gasteiger partial charge in [-0.1, -0.05) is 13.0 Å². The minimum Gasteiger partial charge on any atom is -0.376 e. The molecule has 0 radical (unpaired) electrons. The second kappa shape index (κ2) is 7.85. The molecule has 2 rings (SSSR count). The van der Waals surface area contributed by atoms with Gasteiger partial charge in [-0.3, -0.25) is 4.79 Å². The molecule has 2 heterocycles. The zero-order valence-corrected chi connectivity index (χ0v) is 12.0. The highest BCUT2D eigenvalue weighted by Crippen LogP contribution is 2.12.